The summed E-state index contributed by atoms with van der Waals surface area (Å²) < 4.78 is 5.38. The topological polar surface area (TPSA) is 58.6 Å². The van der Waals surface area contributed by atoms with E-state index in [0.29, 0.717) is 5.69 Å². The second-order valence-electron chi connectivity index (χ2n) is 6.61. The fourth-order valence-corrected chi connectivity index (χ4v) is 4.00. The Balaban J connectivity index is 1.93. The normalized spacial score (nSPS) is 16.5. The van der Waals surface area contributed by atoms with Crippen LogP contribution < -0.4 is 15.0 Å². The average molecular weight is 370 g/mol. The molecule has 0 bridgehead atoms. The zero-order valence-electron chi connectivity index (χ0n) is 15.3. The van der Waals surface area contributed by atoms with Gasteiger partial charge in [-0.2, -0.15) is 0 Å². The smallest absolute Gasteiger partial charge is 0.250 e. The number of nitrogens with one attached hydrogen (secondary N) is 1. The molecule has 1 aliphatic rings. The highest BCUT2D eigenvalue weighted by Gasteiger charge is 2.44. The molecule has 0 aromatic heterocycles. The number of anilines is 2. The molecule has 2 aromatic rings. The number of carbonyl (C=O) groups is 2. The Kier molecular flexibility index (Phi) is 4.96. The quantitative estimate of drug-likeness (QED) is 0.828. The average Bonchev–Trinajstić information content (AvgIpc) is 2.62. The summed E-state index contributed by atoms with van der Waals surface area (Å²) in [4.78, 5) is 28.4. The van der Waals surface area contributed by atoms with Gasteiger partial charge in [0.1, 0.15) is 11.3 Å². The third kappa shape index (κ3) is 3.17. The molecule has 0 saturated heterocycles. The zero-order valence-corrected chi connectivity index (χ0v) is 16.1. The van der Waals surface area contributed by atoms with Crippen molar-refractivity contribution in [2.75, 3.05) is 17.3 Å². The number of amides is 2. The van der Waals surface area contributed by atoms with Gasteiger partial charge in [0, 0.05) is 0 Å². The van der Waals surface area contributed by atoms with E-state index in [1.54, 1.807) is 31.9 Å². The van der Waals surface area contributed by atoms with Gasteiger partial charge in [0.05, 0.1) is 28.6 Å². The first-order valence-electron chi connectivity index (χ1n) is 8.40. The molecule has 0 spiro atoms. The van der Waals surface area contributed by atoms with Crippen molar-refractivity contribution in [3.05, 3.63) is 48.5 Å². The van der Waals surface area contributed by atoms with Crippen molar-refractivity contribution in [2.24, 2.45) is 0 Å². The van der Waals surface area contributed by atoms with Gasteiger partial charge in [-0.3, -0.25) is 14.5 Å². The summed E-state index contributed by atoms with van der Waals surface area (Å²) in [6.45, 7) is 5.37. The van der Waals surface area contributed by atoms with E-state index >= 15 is 0 Å². The van der Waals surface area contributed by atoms with Gasteiger partial charge in [0.2, 0.25) is 11.8 Å². The second-order valence-corrected chi connectivity index (χ2v) is 8.00. The Morgan fingerprint density at radius 1 is 1.15 bits per heavy atom. The van der Waals surface area contributed by atoms with Crippen LogP contribution in [0.3, 0.4) is 0 Å². The van der Waals surface area contributed by atoms with E-state index in [1.165, 1.54) is 11.8 Å². The molecule has 1 unspecified atom stereocenters. The molecule has 3 rings (SSSR count). The van der Waals surface area contributed by atoms with E-state index in [-0.39, 0.29) is 17.1 Å². The molecular formula is C20H22N2O3S. The van der Waals surface area contributed by atoms with Crippen molar-refractivity contribution in [1.29, 1.82) is 0 Å². The molecule has 136 valence electrons. The van der Waals surface area contributed by atoms with Crippen molar-refractivity contribution < 1.29 is 14.3 Å². The Hall–Kier alpha value is -2.47. The van der Waals surface area contributed by atoms with Crippen LogP contribution in [0.15, 0.2) is 53.4 Å². The summed E-state index contributed by atoms with van der Waals surface area (Å²) in [5.41, 5.74) is 0.398. The lowest BCUT2D eigenvalue weighted by molar-refractivity contribution is -0.126. The molecule has 1 heterocycles. The fraction of sp³-hybridized carbons (Fsp3) is 0.300. The van der Waals surface area contributed by atoms with E-state index in [2.05, 4.69) is 5.32 Å². The number of methoxy groups -OCH3 is 1. The van der Waals surface area contributed by atoms with Crippen LogP contribution >= 0.6 is 11.8 Å². The maximum Gasteiger partial charge on any atom is 0.250 e. The summed E-state index contributed by atoms with van der Waals surface area (Å²) in [6.07, 6.45) is 0. The number of carbonyl (C=O) groups excluding carboxylic acids is 2. The number of hydrogen-bond acceptors (Lipinski definition) is 4. The highest BCUT2D eigenvalue weighted by Crippen LogP contribution is 2.39. The van der Waals surface area contributed by atoms with Crippen molar-refractivity contribution in [3.8, 4) is 5.75 Å². The molecule has 0 aliphatic carbocycles. The molecule has 2 aromatic carbocycles. The first-order valence-corrected chi connectivity index (χ1v) is 9.28. The molecule has 26 heavy (non-hydrogen) atoms. The van der Waals surface area contributed by atoms with E-state index in [0.717, 1.165) is 16.3 Å². The highest BCUT2D eigenvalue weighted by atomic mass is 32.2. The van der Waals surface area contributed by atoms with Crippen LogP contribution in [-0.2, 0) is 9.59 Å². The van der Waals surface area contributed by atoms with E-state index in [4.69, 9.17) is 4.74 Å². The van der Waals surface area contributed by atoms with Crippen LogP contribution in [0, 0.1) is 0 Å². The van der Waals surface area contributed by atoms with E-state index < -0.39 is 5.54 Å². The Morgan fingerprint density at radius 2 is 1.81 bits per heavy atom. The van der Waals surface area contributed by atoms with Crippen LogP contribution in [0.25, 0.3) is 0 Å². The SMILES string of the molecule is COc1ccccc1SC(C)C(=O)N1c2ccccc2NC(=O)C1(C)C. The first-order chi connectivity index (χ1) is 12.4. The van der Waals surface area contributed by atoms with Gasteiger partial charge >= 0.3 is 0 Å². The van der Waals surface area contributed by atoms with E-state index in [1.807, 2.05) is 49.4 Å². The van der Waals surface area contributed by atoms with Gasteiger partial charge in [-0.25, -0.2) is 0 Å². The summed E-state index contributed by atoms with van der Waals surface area (Å²) in [5, 5.41) is 2.50. The fourth-order valence-electron chi connectivity index (χ4n) is 2.99. The van der Waals surface area contributed by atoms with Crippen molar-refractivity contribution >= 4 is 35.0 Å². The molecule has 0 fully saturated rings. The van der Waals surface area contributed by atoms with Gasteiger partial charge in [0.15, 0.2) is 0 Å². The number of nitrogens with zero attached hydrogens (tertiary/aromatic N) is 1. The zero-order chi connectivity index (χ0) is 18.9. The van der Waals surface area contributed by atoms with Crippen molar-refractivity contribution in [2.45, 2.75) is 36.5 Å². The maximum absolute atomic E-state index is 13.3. The number of hydrogen-bond donors (Lipinski definition) is 1. The third-order valence-corrected chi connectivity index (χ3v) is 5.60. The minimum absolute atomic E-state index is 0.117. The molecule has 0 radical (unpaired) electrons. The van der Waals surface area contributed by atoms with Gasteiger partial charge in [-0.15, -0.1) is 11.8 Å². The molecule has 5 nitrogen and oxygen atoms in total. The summed E-state index contributed by atoms with van der Waals surface area (Å²) in [7, 11) is 1.61. The molecule has 2 amide bonds. The van der Waals surface area contributed by atoms with Gasteiger partial charge in [-0.1, -0.05) is 24.3 Å². The molecule has 1 atom stereocenters. The standard InChI is InChI=1S/C20H22N2O3S/c1-13(26-17-12-8-7-11-16(17)25-4)18(23)22-15-10-6-5-9-14(15)21-19(24)20(22,2)3/h5-13H,1-4H3,(H,21,24). The number of rotatable bonds is 4. The number of thioether (sulfide) groups is 1. The van der Waals surface area contributed by atoms with Crippen LogP contribution in [-0.4, -0.2) is 29.7 Å². The largest absolute Gasteiger partial charge is 0.496 e. The summed E-state index contributed by atoms with van der Waals surface area (Å²) in [6, 6.07) is 15.0. The lowest BCUT2D eigenvalue weighted by atomic mass is 9.96. The predicted octanol–water partition coefficient (Wildman–Crippen LogP) is 3.94. The molecule has 1 aliphatic heterocycles. The lowest BCUT2D eigenvalue weighted by Crippen LogP contribution is -2.60. The minimum Gasteiger partial charge on any atom is -0.496 e. The Morgan fingerprint density at radius 3 is 2.54 bits per heavy atom. The molecular weight excluding hydrogens is 348 g/mol. The number of benzene rings is 2. The lowest BCUT2D eigenvalue weighted by Gasteiger charge is -2.43. The third-order valence-electron chi connectivity index (χ3n) is 4.45. The number of para-hydroxylation sites is 3. The van der Waals surface area contributed by atoms with Gasteiger partial charge < -0.3 is 10.1 Å². The maximum atomic E-state index is 13.3. The molecule has 6 heteroatoms. The van der Waals surface area contributed by atoms with Crippen LogP contribution in [0.2, 0.25) is 0 Å². The Bertz CT molecular complexity index is 850. The molecule has 1 N–H and O–H groups in total. The van der Waals surface area contributed by atoms with E-state index in [9.17, 15) is 9.59 Å². The van der Waals surface area contributed by atoms with Gasteiger partial charge in [-0.05, 0) is 45.0 Å². The first kappa shape index (κ1) is 18.3. The summed E-state index contributed by atoms with van der Waals surface area (Å²) >= 11 is 1.43. The van der Waals surface area contributed by atoms with Crippen LogP contribution in [0.4, 0.5) is 11.4 Å². The predicted molar refractivity (Wildman–Crippen MR) is 105 cm³/mol. The number of ether oxygens (including phenoxy) is 1. The summed E-state index contributed by atoms with van der Waals surface area (Å²) in [5.74, 6) is 0.417. The van der Waals surface area contributed by atoms with Crippen molar-refractivity contribution in [3.63, 3.8) is 0 Å². The molecule has 0 saturated carbocycles. The van der Waals surface area contributed by atoms with Crippen LogP contribution in [0.1, 0.15) is 20.8 Å². The van der Waals surface area contributed by atoms with Gasteiger partial charge in [0.25, 0.3) is 0 Å². The monoisotopic (exact) mass is 370 g/mol. The Labute approximate surface area is 157 Å². The number of fused-ring (bicyclic) bond motifs is 1. The van der Waals surface area contributed by atoms with Crippen LogP contribution in [0.5, 0.6) is 5.75 Å². The highest BCUT2D eigenvalue weighted by molar-refractivity contribution is 8.00. The minimum atomic E-state index is -0.971. The van der Waals surface area contributed by atoms with Crippen molar-refractivity contribution in [1.82, 2.24) is 0 Å². The second kappa shape index (κ2) is 7.03.